The SMILES string of the molecule is CC(C)OC(=O)N1CCC(CCCOc2ccc(CC(=O)O)c(F)c2)CC1. The maximum atomic E-state index is 13.8. The second-order valence-corrected chi connectivity index (χ2v) is 7.18. The average Bonchev–Trinajstić information content (AvgIpc) is 2.60. The molecule has 0 bridgehead atoms. The summed E-state index contributed by atoms with van der Waals surface area (Å²) in [7, 11) is 0. The molecule has 0 aliphatic carbocycles. The molecule has 0 spiro atoms. The molecule has 0 saturated carbocycles. The van der Waals surface area contributed by atoms with Crippen molar-refractivity contribution in [3.8, 4) is 5.75 Å². The van der Waals surface area contributed by atoms with Crippen LogP contribution in [0.3, 0.4) is 0 Å². The maximum absolute atomic E-state index is 13.8. The second kappa shape index (κ2) is 10.1. The molecular weight excluding hydrogens is 353 g/mol. The molecule has 1 saturated heterocycles. The summed E-state index contributed by atoms with van der Waals surface area (Å²) in [5.74, 6) is -0.666. The Morgan fingerprint density at radius 1 is 1.30 bits per heavy atom. The van der Waals surface area contributed by atoms with Gasteiger partial charge in [0.15, 0.2) is 0 Å². The predicted molar refractivity (Wildman–Crippen MR) is 98.4 cm³/mol. The molecule has 150 valence electrons. The Morgan fingerprint density at radius 3 is 2.59 bits per heavy atom. The summed E-state index contributed by atoms with van der Waals surface area (Å²) in [4.78, 5) is 24.3. The highest BCUT2D eigenvalue weighted by molar-refractivity contribution is 5.70. The molecule has 1 heterocycles. The number of carboxylic acids is 1. The number of piperidine rings is 1. The minimum atomic E-state index is -1.06. The van der Waals surface area contributed by atoms with Gasteiger partial charge < -0.3 is 19.5 Å². The molecule has 0 unspecified atom stereocenters. The zero-order valence-electron chi connectivity index (χ0n) is 15.9. The Bertz CT molecular complexity index is 641. The number of carboxylic acid groups (broad SMARTS) is 1. The normalized spacial score (nSPS) is 15.0. The van der Waals surface area contributed by atoms with Crippen molar-refractivity contribution in [2.24, 2.45) is 5.92 Å². The molecule has 2 rings (SSSR count). The van der Waals surface area contributed by atoms with E-state index in [9.17, 15) is 14.0 Å². The van der Waals surface area contributed by atoms with E-state index in [1.54, 1.807) is 11.0 Å². The van der Waals surface area contributed by atoms with Crippen molar-refractivity contribution >= 4 is 12.1 Å². The number of carbonyl (C=O) groups is 2. The van der Waals surface area contributed by atoms with Gasteiger partial charge in [0.05, 0.1) is 19.1 Å². The smallest absolute Gasteiger partial charge is 0.410 e. The zero-order valence-corrected chi connectivity index (χ0v) is 15.9. The number of ether oxygens (including phenoxy) is 2. The first-order valence-corrected chi connectivity index (χ1v) is 9.43. The van der Waals surface area contributed by atoms with Crippen LogP contribution in [0.4, 0.5) is 9.18 Å². The van der Waals surface area contributed by atoms with Gasteiger partial charge in [-0.3, -0.25) is 4.79 Å². The maximum Gasteiger partial charge on any atom is 0.410 e. The van der Waals surface area contributed by atoms with Gasteiger partial charge in [-0.1, -0.05) is 6.07 Å². The molecule has 1 aliphatic rings. The molecule has 1 N–H and O–H groups in total. The lowest BCUT2D eigenvalue weighted by molar-refractivity contribution is -0.136. The third-order valence-electron chi connectivity index (χ3n) is 4.60. The van der Waals surface area contributed by atoms with Crippen molar-refractivity contribution in [3.05, 3.63) is 29.6 Å². The number of benzene rings is 1. The minimum absolute atomic E-state index is 0.101. The summed E-state index contributed by atoms with van der Waals surface area (Å²) < 4.78 is 24.6. The van der Waals surface area contributed by atoms with Crippen LogP contribution < -0.4 is 4.74 Å². The third kappa shape index (κ3) is 7.07. The highest BCUT2D eigenvalue weighted by Gasteiger charge is 2.24. The first-order chi connectivity index (χ1) is 12.8. The first-order valence-electron chi connectivity index (χ1n) is 9.43. The number of hydrogen-bond acceptors (Lipinski definition) is 4. The number of amides is 1. The van der Waals surface area contributed by atoms with E-state index in [0.717, 1.165) is 25.7 Å². The Morgan fingerprint density at radius 2 is 2.00 bits per heavy atom. The van der Waals surface area contributed by atoms with Gasteiger partial charge in [0.1, 0.15) is 11.6 Å². The van der Waals surface area contributed by atoms with Crippen LogP contribution in [0.15, 0.2) is 18.2 Å². The van der Waals surface area contributed by atoms with Crippen LogP contribution in [0.25, 0.3) is 0 Å². The minimum Gasteiger partial charge on any atom is -0.493 e. The van der Waals surface area contributed by atoms with Gasteiger partial charge >= 0.3 is 12.1 Å². The largest absolute Gasteiger partial charge is 0.493 e. The molecule has 1 fully saturated rings. The van der Waals surface area contributed by atoms with Crippen LogP contribution in [-0.2, 0) is 16.0 Å². The molecule has 1 aromatic rings. The first kappa shape index (κ1) is 21.0. The summed E-state index contributed by atoms with van der Waals surface area (Å²) >= 11 is 0. The van der Waals surface area contributed by atoms with Crippen LogP contribution >= 0.6 is 0 Å². The molecule has 0 radical (unpaired) electrons. The van der Waals surface area contributed by atoms with Crippen LogP contribution in [0.2, 0.25) is 0 Å². The van der Waals surface area contributed by atoms with E-state index < -0.39 is 11.8 Å². The molecule has 0 atom stereocenters. The van der Waals surface area contributed by atoms with Gasteiger partial charge in [0, 0.05) is 19.2 Å². The number of nitrogens with zero attached hydrogens (tertiary/aromatic N) is 1. The summed E-state index contributed by atoms with van der Waals surface area (Å²) in [5, 5.41) is 8.72. The van der Waals surface area contributed by atoms with E-state index in [2.05, 4.69) is 0 Å². The quantitative estimate of drug-likeness (QED) is 0.692. The van der Waals surface area contributed by atoms with E-state index in [1.165, 1.54) is 12.1 Å². The van der Waals surface area contributed by atoms with Gasteiger partial charge in [-0.25, -0.2) is 9.18 Å². The van der Waals surface area contributed by atoms with Gasteiger partial charge in [-0.05, 0) is 57.1 Å². The molecular formula is C20H28FNO5. The van der Waals surface area contributed by atoms with E-state index >= 15 is 0 Å². The van der Waals surface area contributed by atoms with Crippen molar-refractivity contribution in [3.63, 3.8) is 0 Å². The molecule has 1 aromatic carbocycles. The Balaban J connectivity index is 1.66. The van der Waals surface area contributed by atoms with E-state index in [0.29, 0.717) is 31.4 Å². The summed E-state index contributed by atoms with van der Waals surface area (Å²) in [5.41, 5.74) is 0.151. The fraction of sp³-hybridized carbons (Fsp3) is 0.600. The molecule has 27 heavy (non-hydrogen) atoms. The second-order valence-electron chi connectivity index (χ2n) is 7.18. The summed E-state index contributed by atoms with van der Waals surface area (Å²) in [6, 6.07) is 4.28. The van der Waals surface area contributed by atoms with Crippen molar-refractivity contribution in [2.45, 2.75) is 52.1 Å². The van der Waals surface area contributed by atoms with Gasteiger partial charge in [-0.2, -0.15) is 0 Å². The van der Waals surface area contributed by atoms with Crippen LogP contribution in [0, 0.1) is 11.7 Å². The number of hydrogen-bond donors (Lipinski definition) is 1. The van der Waals surface area contributed by atoms with Gasteiger partial charge in [0.25, 0.3) is 0 Å². The molecule has 1 aliphatic heterocycles. The van der Waals surface area contributed by atoms with Crippen molar-refractivity contribution < 1.29 is 28.6 Å². The number of rotatable bonds is 8. The lowest BCUT2D eigenvalue weighted by Crippen LogP contribution is -2.39. The molecule has 0 aromatic heterocycles. The zero-order chi connectivity index (χ0) is 19.8. The molecule has 1 amide bonds. The Hall–Kier alpha value is -2.31. The third-order valence-corrected chi connectivity index (χ3v) is 4.60. The fourth-order valence-corrected chi connectivity index (χ4v) is 3.17. The average molecular weight is 381 g/mol. The fourth-order valence-electron chi connectivity index (χ4n) is 3.17. The molecule has 7 heteroatoms. The predicted octanol–water partition coefficient (Wildman–Crippen LogP) is 3.87. The van der Waals surface area contributed by atoms with Crippen LogP contribution in [0.5, 0.6) is 5.75 Å². The number of aliphatic carboxylic acids is 1. The van der Waals surface area contributed by atoms with E-state index in [-0.39, 0.29) is 24.2 Å². The number of halogens is 1. The monoisotopic (exact) mass is 381 g/mol. The molecule has 6 nitrogen and oxygen atoms in total. The lowest BCUT2D eigenvalue weighted by Gasteiger charge is -2.31. The van der Waals surface area contributed by atoms with Crippen LogP contribution in [0.1, 0.15) is 45.1 Å². The standard InChI is InChI=1S/C20H28FNO5/c1-14(2)27-20(25)22-9-7-15(8-10-22)4-3-11-26-17-6-5-16(12-19(23)24)18(21)13-17/h5-6,13-15H,3-4,7-12H2,1-2H3,(H,23,24). The lowest BCUT2D eigenvalue weighted by atomic mass is 9.92. The highest BCUT2D eigenvalue weighted by Crippen LogP contribution is 2.23. The van der Waals surface area contributed by atoms with Crippen molar-refractivity contribution in [1.29, 1.82) is 0 Å². The van der Waals surface area contributed by atoms with Crippen molar-refractivity contribution in [2.75, 3.05) is 19.7 Å². The van der Waals surface area contributed by atoms with E-state index in [4.69, 9.17) is 14.6 Å². The Kier molecular flexibility index (Phi) is 7.88. The van der Waals surface area contributed by atoms with Crippen molar-refractivity contribution in [1.82, 2.24) is 4.90 Å². The summed E-state index contributed by atoms with van der Waals surface area (Å²) in [6.07, 6.45) is 3.06. The van der Waals surface area contributed by atoms with Gasteiger partial charge in [0.2, 0.25) is 0 Å². The highest BCUT2D eigenvalue weighted by atomic mass is 19.1. The Labute approximate surface area is 159 Å². The van der Waals surface area contributed by atoms with Crippen LogP contribution in [-0.4, -0.2) is 47.9 Å². The summed E-state index contributed by atoms with van der Waals surface area (Å²) in [6.45, 7) is 5.60. The topological polar surface area (TPSA) is 76.1 Å². The van der Waals surface area contributed by atoms with Gasteiger partial charge in [-0.15, -0.1) is 0 Å². The number of carbonyl (C=O) groups excluding carboxylic acids is 1. The number of likely N-dealkylation sites (tertiary alicyclic amines) is 1. The van der Waals surface area contributed by atoms with E-state index in [1.807, 2.05) is 13.8 Å².